The Kier molecular flexibility index (Phi) is 7.75. The lowest BCUT2D eigenvalue weighted by molar-refractivity contribution is 0.118. The summed E-state index contributed by atoms with van der Waals surface area (Å²) in [6, 6.07) is 12.8. The normalized spacial score (nSPS) is 21.8. The van der Waals surface area contributed by atoms with E-state index in [1.807, 2.05) is 12.3 Å². The van der Waals surface area contributed by atoms with E-state index >= 15 is 0 Å². The van der Waals surface area contributed by atoms with Crippen LogP contribution in [0, 0.1) is 6.92 Å². The number of benzene rings is 1. The van der Waals surface area contributed by atoms with E-state index in [1.165, 1.54) is 11.1 Å². The molecule has 8 bridgehead atoms. The van der Waals surface area contributed by atoms with Crippen molar-refractivity contribution in [2.24, 2.45) is 0 Å². The summed E-state index contributed by atoms with van der Waals surface area (Å²) in [6.07, 6.45) is 4.82. The van der Waals surface area contributed by atoms with Gasteiger partial charge in [-0.1, -0.05) is 6.07 Å². The predicted octanol–water partition coefficient (Wildman–Crippen LogP) is 3.48. The lowest BCUT2D eigenvalue weighted by Gasteiger charge is -2.35. The summed E-state index contributed by atoms with van der Waals surface area (Å²) in [5, 5.41) is 3.43. The third-order valence-electron chi connectivity index (χ3n) is 7.19. The highest BCUT2D eigenvalue weighted by atomic mass is 15.3. The third kappa shape index (κ3) is 6.37. The number of aromatic nitrogens is 3. The van der Waals surface area contributed by atoms with Crippen molar-refractivity contribution in [2.45, 2.75) is 19.9 Å². The Morgan fingerprint density at radius 2 is 1.61 bits per heavy atom. The second kappa shape index (κ2) is 11.3. The molecule has 2 aromatic heterocycles. The molecule has 0 amide bonds. The predicted molar refractivity (Wildman–Crippen MR) is 147 cm³/mol. The van der Waals surface area contributed by atoms with Crippen LogP contribution >= 0.6 is 0 Å². The van der Waals surface area contributed by atoms with Crippen LogP contribution in [0.15, 0.2) is 48.8 Å². The number of nitrogens with one attached hydrogen (secondary N) is 1. The molecule has 8 heteroatoms. The van der Waals surface area contributed by atoms with Crippen LogP contribution < -0.4 is 10.2 Å². The Hall–Kier alpha value is -3.07. The molecule has 7 heterocycles. The molecule has 36 heavy (non-hydrogen) atoms. The topological polar surface area (TPSA) is 63.7 Å². The average molecular weight is 487 g/mol. The molecule has 0 aliphatic carbocycles. The highest BCUT2D eigenvalue weighted by Crippen LogP contribution is 2.23. The first-order valence-corrected chi connectivity index (χ1v) is 13.0. The monoisotopic (exact) mass is 486 g/mol. The van der Waals surface area contributed by atoms with E-state index in [0.29, 0.717) is 5.95 Å². The number of piperazine rings is 1. The van der Waals surface area contributed by atoms with Gasteiger partial charge in [-0.25, -0.2) is 15.0 Å². The van der Waals surface area contributed by atoms with Gasteiger partial charge in [-0.05, 0) is 68.4 Å². The molecule has 8 rings (SSSR count). The molecule has 1 aromatic carbocycles. The summed E-state index contributed by atoms with van der Waals surface area (Å²) in [5.41, 5.74) is 5.43. The number of rotatable bonds is 0. The number of hydrogen-bond acceptors (Lipinski definition) is 8. The zero-order valence-electron chi connectivity index (χ0n) is 21.8. The Balaban J connectivity index is 1.39. The Labute approximate surface area is 215 Å². The zero-order valence-corrected chi connectivity index (χ0v) is 21.8. The number of hydrogen-bond donors (Lipinski definition) is 1. The first kappa shape index (κ1) is 24.6. The first-order valence-electron chi connectivity index (χ1n) is 13.0. The molecule has 8 nitrogen and oxygen atoms in total. The summed E-state index contributed by atoms with van der Waals surface area (Å²) in [4.78, 5) is 23.8. The average Bonchev–Trinajstić information content (AvgIpc) is 2.88. The molecule has 3 aromatic rings. The Morgan fingerprint density at radius 1 is 0.806 bits per heavy atom. The third-order valence-corrected chi connectivity index (χ3v) is 7.19. The summed E-state index contributed by atoms with van der Waals surface area (Å²) in [6.45, 7) is 11.9. The molecule has 1 N–H and O–H groups in total. The van der Waals surface area contributed by atoms with Gasteiger partial charge >= 0.3 is 0 Å². The van der Waals surface area contributed by atoms with Crippen LogP contribution in [0.2, 0.25) is 0 Å². The maximum absolute atomic E-state index is 4.77. The molecule has 0 unspecified atom stereocenters. The minimum Gasteiger partial charge on any atom is -0.360 e. The lowest BCUT2D eigenvalue weighted by atomic mass is 10.1. The van der Waals surface area contributed by atoms with Crippen LogP contribution in [-0.4, -0.2) is 96.1 Å². The van der Waals surface area contributed by atoms with Crippen molar-refractivity contribution in [3.05, 3.63) is 59.9 Å². The van der Waals surface area contributed by atoms with Gasteiger partial charge in [0.2, 0.25) is 5.95 Å². The number of likely N-dealkylation sites (N-methyl/N-ethyl adjacent to an activating group) is 1. The fraction of sp³-hybridized carbons (Fsp3) is 0.464. The number of aryl methyl sites for hydroxylation is 1. The molecular weight excluding hydrogens is 448 g/mol. The van der Waals surface area contributed by atoms with E-state index in [-0.39, 0.29) is 0 Å². The van der Waals surface area contributed by atoms with E-state index in [4.69, 9.17) is 9.97 Å². The highest BCUT2D eigenvalue weighted by molar-refractivity contribution is 5.63. The van der Waals surface area contributed by atoms with E-state index in [9.17, 15) is 0 Å². The van der Waals surface area contributed by atoms with Gasteiger partial charge in [-0.2, -0.15) is 0 Å². The van der Waals surface area contributed by atoms with Crippen molar-refractivity contribution in [2.75, 3.05) is 76.7 Å². The minimum absolute atomic E-state index is 0.598. The highest BCUT2D eigenvalue weighted by Gasteiger charge is 2.18. The SMILES string of the molecule is Cc1cc2cc(c1)Nc1nccc(n1)-c1ccc(nc1)N(C)CCCN(C)CCN1CCN(CC1)C2. The van der Waals surface area contributed by atoms with Gasteiger partial charge in [0.05, 0.1) is 5.69 Å². The van der Waals surface area contributed by atoms with Gasteiger partial charge in [0.25, 0.3) is 0 Å². The zero-order chi connectivity index (χ0) is 24.9. The van der Waals surface area contributed by atoms with Crippen LogP contribution in [0.1, 0.15) is 17.5 Å². The molecule has 190 valence electrons. The quantitative estimate of drug-likeness (QED) is 0.518. The van der Waals surface area contributed by atoms with Crippen molar-refractivity contribution in [1.82, 2.24) is 29.7 Å². The molecule has 5 aliphatic heterocycles. The smallest absolute Gasteiger partial charge is 0.227 e. The molecule has 1 fully saturated rings. The summed E-state index contributed by atoms with van der Waals surface area (Å²) in [5.74, 6) is 1.58. The Bertz CT molecular complexity index is 1140. The van der Waals surface area contributed by atoms with Gasteiger partial charge in [0.1, 0.15) is 5.82 Å². The van der Waals surface area contributed by atoms with Crippen molar-refractivity contribution < 1.29 is 0 Å². The van der Waals surface area contributed by atoms with Crippen LogP contribution in [0.25, 0.3) is 11.3 Å². The van der Waals surface area contributed by atoms with Gasteiger partial charge in [0.15, 0.2) is 0 Å². The molecule has 0 saturated carbocycles. The maximum Gasteiger partial charge on any atom is 0.227 e. The number of nitrogens with zero attached hydrogens (tertiary/aromatic N) is 7. The van der Waals surface area contributed by atoms with Gasteiger partial charge in [-0.15, -0.1) is 0 Å². The van der Waals surface area contributed by atoms with Gasteiger partial charge in [0, 0.05) is 83.1 Å². The first-order chi connectivity index (χ1) is 17.5. The van der Waals surface area contributed by atoms with Crippen LogP contribution in [-0.2, 0) is 6.54 Å². The molecule has 5 aliphatic rings. The lowest BCUT2D eigenvalue weighted by Crippen LogP contribution is -2.47. The Morgan fingerprint density at radius 3 is 2.42 bits per heavy atom. The number of pyridine rings is 1. The molecular formula is C28H38N8. The van der Waals surface area contributed by atoms with Gasteiger partial charge in [-0.3, -0.25) is 9.80 Å². The van der Waals surface area contributed by atoms with E-state index < -0.39 is 0 Å². The molecule has 0 atom stereocenters. The second-order valence-corrected chi connectivity index (χ2v) is 10.2. The van der Waals surface area contributed by atoms with E-state index in [0.717, 1.165) is 88.1 Å². The van der Waals surface area contributed by atoms with Crippen molar-refractivity contribution >= 4 is 17.5 Å². The standard InChI is InChI=1S/C28H38N8/c1-22-17-23-19-25(18-22)31-28-29-8-7-26(32-28)24-5-6-27(30-20-24)34(3)10-4-9-33(2)11-12-35-13-15-36(21-23)16-14-35/h5-8,17-20H,4,9-16,21H2,1-3H3,(H,29,31,32). The summed E-state index contributed by atoms with van der Waals surface area (Å²) < 4.78 is 0. The van der Waals surface area contributed by atoms with Gasteiger partial charge < -0.3 is 15.1 Å². The van der Waals surface area contributed by atoms with Crippen molar-refractivity contribution in [1.29, 1.82) is 0 Å². The molecule has 0 radical (unpaired) electrons. The van der Waals surface area contributed by atoms with E-state index in [2.05, 4.69) is 81.3 Å². The largest absolute Gasteiger partial charge is 0.360 e. The van der Waals surface area contributed by atoms with Crippen LogP contribution in [0.4, 0.5) is 17.5 Å². The van der Waals surface area contributed by atoms with Crippen molar-refractivity contribution in [3.8, 4) is 11.3 Å². The summed E-state index contributed by atoms with van der Waals surface area (Å²) >= 11 is 0. The van der Waals surface area contributed by atoms with Crippen LogP contribution in [0.5, 0.6) is 0 Å². The molecule has 0 spiro atoms. The number of anilines is 3. The maximum atomic E-state index is 4.77. The fourth-order valence-corrected chi connectivity index (χ4v) is 5.04. The molecule has 1 saturated heterocycles. The van der Waals surface area contributed by atoms with Crippen LogP contribution in [0.3, 0.4) is 0 Å². The minimum atomic E-state index is 0.598. The summed E-state index contributed by atoms with van der Waals surface area (Å²) in [7, 11) is 4.36. The second-order valence-electron chi connectivity index (χ2n) is 10.2. The fourth-order valence-electron chi connectivity index (χ4n) is 5.04. The van der Waals surface area contributed by atoms with E-state index in [1.54, 1.807) is 6.20 Å². The van der Waals surface area contributed by atoms with Crippen molar-refractivity contribution in [3.63, 3.8) is 0 Å².